The average Bonchev–Trinajstić information content (AvgIpc) is 3.08. The number of aliphatic imine (C=N–C) groups is 1. The van der Waals surface area contributed by atoms with E-state index in [4.69, 9.17) is 0 Å². The number of thiazole rings is 1. The average molecular weight is 352 g/mol. The summed E-state index contributed by atoms with van der Waals surface area (Å²) in [6.45, 7) is 3.55. The predicted octanol–water partition coefficient (Wildman–Crippen LogP) is 3.43. The molecule has 0 bridgehead atoms. The zero-order chi connectivity index (χ0) is 17.3. The van der Waals surface area contributed by atoms with E-state index in [2.05, 4.69) is 21.7 Å². The molecule has 0 saturated carbocycles. The van der Waals surface area contributed by atoms with Crippen LogP contribution in [0.2, 0.25) is 0 Å². The van der Waals surface area contributed by atoms with Gasteiger partial charge in [-0.2, -0.15) is 23.3 Å². The van der Waals surface area contributed by atoms with Crippen LogP contribution in [0, 0.1) is 5.92 Å². The zero-order valence-electron chi connectivity index (χ0n) is 12.2. The Hall–Kier alpha value is -2.55. The van der Waals surface area contributed by atoms with E-state index in [1.54, 1.807) is 24.3 Å². The van der Waals surface area contributed by atoms with Crippen molar-refractivity contribution in [3.8, 4) is 0 Å². The summed E-state index contributed by atoms with van der Waals surface area (Å²) >= 11 is 1.10. The summed E-state index contributed by atoms with van der Waals surface area (Å²) in [6.07, 6.45) is -2.35. The van der Waals surface area contributed by atoms with Crippen molar-refractivity contribution < 1.29 is 18.0 Å². The second-order valence-corrected chi connectivity index (χ2v) is 5.89. The highest BCUT2D eigenvalue weighted by molar-refractivity contribution is 7.22. The maximum Gasteiger partial charge on any atom is 0.432 e. The molecule has 124 valence electrons. The van der Waals surface area contributed by atoms with Crippen LogP contribution < -0.4 is 5.01 Å². The van der Waals surface area contributed by atoms with Crippen molar-refractivity contribution >= 4 is 44.5 Å². The van der Waals surface area contributed by atoms with Gasteiger partial charge in [0.05, 0.1) is 16.8 Å². The number of anilines is 1. The molecule has 1 aliphatic rings. The summed E-state index contributed by atoms with van der Waals surface area (Å²) in [5.74, 6) is -2.40. The van der Waals surface area contributed by atoms with Gasteiger partial charge in [0.1, 0.15) is 5.92 Å². The van der Waals surface area contributed by atoms with Gasteiger partial charge in [-0.1, -0.05) is 29.5 Å². The van der Waals surface area contributed by atoms with Gasteiger partial charge in [0.2, 0.25) is 5.13 Å². The van der Waals surface area contributed by atoms with Crippen LogP contribution in [0.25, 0.3) is 10.2 Å². The molecule has 1 atom stereocenters. The van der Waals surface area contributed by atoms with Crippen molar-refractivity contribution in [2.75, 3.05) is 11.6 Å². The number of rotatable bonds is 4. The molecule has 2 heterocycles. The minimum absolute atomic E-state index is 0.0996. The number of amides is 1. The van der Waals surface area contributed by atoms with Gasteiger partial charge in [-0.05, 0) is 12.1 Å². The normalized spacial score (nSPS) is 18.6. The molecule has 5 nitrogen and oxygen atoms in total. The molecule has 1 aromatic heterocycles. The van der Waals surface area contributed by atoms with E-state index >= 15 is 0 Å². The Labute approximate surface area is 138 Å². The number of halogens is 3. The number of carbonyl (C=O) groups excluding carboxylic acids is 1. The maximum absolute atomic E-state index is 13.2. The number of nitrogens with zero attached hydrogens (tertiary/aromatic N) is 4. The number of para-hydroxylation sites is 1. The molecule has 0 saturated heterocycles. The van der Waals surface area contributed by atoms with Crippen LogP contribution in [-0.2, 0) is 4.79 Å². The number of carbonyl (C=O) groups is 1. The second kappa shape index (κ2) is 6.16. The van der Waals surface area contributed by atoms with Crippen LogP contribution in [-0.4, -0.2) is 35.5 Å². The molecule has 0 radical (unpaired) electrons. The third-order valence-electron chi connectivity index (χ3n) is 3.22. The Morgan fingerprint density at radius 1 is 1.38 bits per heavy atom. The summed E-state index contributed by atoms with van der Waals surface area (Å²) in [5.41, 5.74) is -0.600. The summed E-state index contributed by atoms with van der Waals surface area (Å²) in [6, 6.07) is 7.03. The fourth-order valence-corrected chi connectivity index (χ4v) is 3.09. The van der Waals surface area contributed by atoms with Crippen molar-refractivity contribution in [3.05, 3.63) is 36.9 Å². The first-order valence-electron chi connectivity index (χ1n) is 6.88. The van der Waals surface area contributed by atoms with E-state index in [1.165, 1.54) is 6.08 Å². The monoisotopic (exact) mass is 352 g/mol. The maximum atomic E-state index is 13.2. The number of hydrogen-bond acceptors (Lipinski definition) is 5. The molecule has 0 N–H and O–H groups in total. The first-order chi connectivity index (χ1) is 11.4. The summed E-state index contributed by atoms with van der Waals surface area (Å²) in [7, 11) is 0. The lowest BCUT2D eigenvalue weighted by Crippen LogP contribution is -2.34. The minimum Gasteiger partial charge on any atom is -0.292 e. The molecule has 2 aromatic rings. The van der Waals surface area contributed by atoms with Gasteiger partial charge in [-0.15, -0.1) is 6.58 Å². The topological polar surface area (TPSA) is 57.9 Å². The molecule has 1 aliphatic heterocycles. The summed E-state index contributed by atoms with van der Waals surface area (Å²) in [4.78, 5) is 20.3. The summed E-state index contributed by atoms with van der Waals surface area (Å²) in [5, 5.41) is 4.28. The smallest absolute Gasteiger partial charge is 0.292 e. The van der Waals surface area contributed by atoms with Gasteiger partial charge in [-0.25, -0.2) is 4.98 Å². The highest BCUT2D eigenvalue weighted by atomic mass is 32.1. The number of benzene rings is 1. The van der Waals surface area contributed by atoms with E-state index in [1.807, 2.05) is 0 Å². The number of fused-ring (bicyclic) bond motifs is 1. The second-order valence-electron chi connectivity index (χ2n) is 4.88. The van der Waals surface area contributed by atoms with Crippen LogP contribution in [0.4, 0.5) is 18.3 Å². The minimum atomic E-state index is -4.73. The molecular formula is C15H11F3N4OS. The lowest BCUT2D eigenvalue weighted by atomic mass is 10.0. The van der Waals surface area contributed by atoms with E-state index < -0.39 is 23.7 Å². The van der Waals surface area contributed by atoms with Crippen LogP contribution in [0.1, 0.15) is 0 Å². The first-order valence-corrected chi connectivity index (χ1v) is 7.69. The van der Waals surface area contributed by atoms with Crippen LogP contribution in [0.5, 0.6) is 0 Å². The van der Waals surface area contributed by atoms with Gasteiger partial charge in [0, 0.05) is 6.21 Å². The summed E-state index contributed by atoms with van der Waals surface area (Å²) < 4.78 is 40.3. The molecule has 0 fully saturated rings. The van der Waals surface area contributed by atoms with Crippen LogP contribution >= 0.6 is 11.3 Å². The SMILES string of the molecule is C=CCN=CC1C(=O)N(c2nc3ccccc3s2)N=C1C(F)(F)F. The van der Waals surface area contributed by atoms with Crippen molar-refractivity contribution in [3.63, 3.8) is 0 Å². The molecule has 0 spiro atoms. The van der Waals surface area contributed by atoms with Crippen molar-refractivity contribution in [2.45, 2.75) is 6.18 Å². The Morgan fingerprint density at radius 3 is 2.79 bits per heavy atom. The highest BCUT2D eigenvalue weighted by Crippen LogP contribution is 2.35. The molecule has 1 unspecified atom stereocenters. The molecule has 9 heteroatoms. The van der Waals surface area contributed by atoms with Gasteiger partial charge >= 0.3 is 6.18 Å². The number of hydrazone groups is 1. The van der Waals surface area contributed by atoms with E-state index in [-0.39, 0.29) is 11.7 Å². The molecule has 1 aromatic carbocycles. The van der Waals surface area contributed by atoms with E-state index in [0.717, 1.165) is 22.3 Å². The number of aromatic nitrogens is 1. The number of hydrogen-bond donors (Lipinski definition) is 0. The largest absolute Gasteiger partial charge is 0.432 e. The van der Waals surface area contributed by atoms with Gasteiger partial charge < -0.3 is 0 Å². The van der Waals surface area contributed by atoms with Crippen LogP contribution in [0.15, 0.2) is 47.0 Å². The fourth-order valence-electron chi connectivity index (χ4n) is 2.16. The molecule has 24 heavy (non-hydrogen) atoms. The first kappa shape index (κ1) is 16.3. The van der Waals surface area contributed by atoms with Gasteiger partial charge in [0.25, 0.3) is 5.91 Å². The lowest BCUT2D eigenvalue weighted by molar-refractivity contribution is -0.119. The van der Waals surface area contributed by atoms with Gasteiger partial charge in [-0.3, -0.25) is 9.79 Å². The van der Waals surface area contributed by atoms with Crippen molar-refractivity contribution in [1.29, 1.82) is 0 Å². The third kappa shape index (κ3) is 2.94. The Balaban J connectivity index is 2.00. The number of alkyl halides is 3. The lowest BCUT2D eigenvalue weighted by Gasteiger charge is -2.09. The Kier molecular flexibility index (Phi) is 4.18. The van der Waals surface area contributed by atoms with Gasteiger partial charge in [0.15, 0.2) is 5.71 Å². The molecule has 3 rings (SSSR count). The van der Waals surface area contributed by atoms with Crippen LogP contribution in [0.3, 0.4) is 0 Å². The fraction of sp³-hybridized carbons (Fsp3) is 0.200. The predicted molar refractivity (Wildman–Crippen MR) is 87.6 cm³/mol. The zero-order valence-corrected chi connectivity index (χ0v) is 13.0. The van der Waals surface area contributed by atoms with E-state index in [0.29, 0.717) is 10.5 Å². The van der Waals surface area contributed by atoms with Crippen molar-refractivity contribution in [2.24, 2.45) is 16.0 Å². The molecule has 1 amide bonds. The molecule has 0 aliphatic carbocycles. The highest BCUT2D eigenvalue weighted by Gasteiger charge is 2.50. The quantitative estimate of drug-likeness (QED) is 0.625. The molecular weight excluding hydrogens is 341 g/mol. The third-order valence-corrected chi connectivity index (χ3v) is 4.23. The van der Waals surface area contributed by atoms with Crippen molar-refractivity contribution in [1.82, 2.24) is 4.98 Å². The van der Waals surface area contributed by atoms with E-state index in [9.17, 15) is 18.0 Å². The standard InChI is InChI=1S/C15H11F3N4OS/c1-2-7-19-8-9-12(15(16,17)18)21-22(13(9)23)14-20-10-5-3-4-6-11(10)24-14/h2-6,8-9H,1,7H2. The Bertz CT molecular complexity index is 823. The Morgan fingerprint density at radius 2 is 2.12 bits per heavy atom.